The molecule has 0 saturated heterocycles. The van der Waals surface area contributed by atoms with Crippen molar-refractivity contribution in [2.45, 2.75) is 13.0 Å². The molecular formula is C5H11NO3. The summed E-state index contributed by atoms with van der Waals surface area (Å²) in [5.41, 5.74) is 4.95. The van der Waals surface area contributed by atoms with Crippen molar-refractivity contribution in [1.29, 1.82) is 0 Å². The van der Waals surface area contributed by atoms with Crippen LogP contribution in [-0.4, -0.2) is 30.3 Å². The molecule has 4 nitrogen and oxygen atoms in total. The van der Waals surface area contributed by atoms with E-state index in [-0.39, 0.29) is 13.2 Å². The van der Waals surface area contributed by atoms with Crippen molar-refractivity contribution < 1.29 is 14.6 Å². The van der Waals surface area contributed by atoms with Crippen LogP contribution in [0.5, 0.6) is 0 Å². The van der Waals surface area contributed by atoms with E-state index in [0.717, 1.165) is 0 Å². The second-order valence-electron chi connectivity index (χ2n) is 1.50. The third-order valence-corrected chi connectivity index (χ3v) is 0.782. The first kappa shape index (κ1) is 8.39. The summed E-state index contributed by atoms with van der Waals surface area (Å²) in [7, 11) is 0. The molecule has 54 valence electrons. The molecule has 0 aliphatic heterocycles. The molecule has 0 bridgehead atoms. The molecule has 0 fully saturated rings. The smallest absolute Gasteiger partial charge is 0.336 e. The summed E-state index contributed by atoms with van der Waals surface area (Å²) < 4.78 is 4.43. The number of rotatable bonds is 3. The Bertz CT molecular complexity index is 94.2. The number of aliphatic hydroxyl groups excluding tert-OH is 1. The van der Waals surface area contributed by atoms with Crippen molar-refractivity contribution in [3.8, 4) is 0 Å². The first-order valence-corrected chi connectivity index (χ1v) is 2.77. The summed E-state index contributed by atoms with van der Waals surface area (Å²) >= 11 is 0. The lowest BCUT2D eigenvalue weighted by atomic mass is 10.4. The predicted molar refractivity (Wildman–Crippen MR) is 31.7 cm³/mol. The van der Waals surface area contributed by atoms with E-state index in [2.05, 4.69) is 4.74 Å². The average molecular weight is 133 g/mol. The molecular weight excluding hydrogens is 122 g/mol. The molecule has 0 aliphatic rings. The minimum absolute atomic E-state index is 0.0845. The van der Waals surface area contributed by atoms with E-state index in [9.17, 15) is 4.79 Å². The highest BCUT2D eigenvalue weighted by Gasteiger charge is 2.12. The third-order valence-electron chi connectivity index (χ3n) is 0.782. The Hall–Kier alpha value is -0.610. The fourth-order valence-electron chi connectivity index (χ4n) is 0.335. The minimum Gasteiger partial charge on any atom is -0.464 e. The van der Waals surface area contributed by atoms with E-state index < -0.39 is 12.1 Å². The van der Waals surface area contributed by atoms with Crippen molar-refractivity contribution in [3.05, 3.63) is 0 Å². The van der Waals surface area contributed by atoms with Gasteiger partial charge in [-0.2, -0.15) is 0 Å². The number of hydrogen-bond acceptors (Lipinski definition) is 4. The number of carbonyl (C=O) groups is 1. The molecule has 0 amide bonds. The monoisotopic (exact) mass is 133 g/mol. The fraction of sp³-hybridized carbons (Fsp3) is 0.800. The van der Waals surface area contributed by atoms with Gasteiger partial charge in [0.25, 0.3) is 0 Å². The normalized spacial score (nSPS) is 12.8. The van der Waals surface area contributed by atoms with Crippen LogP contribution >= 0.6 is 0 Å². The molecule has 9 heavy (non-hydrogen) atoms. The maximum absolute atomic E-state index is 10.4. The van der Waals surface area contributed by atoms with Gasteiger partial charge in [0.05, 0.1) is 6.61 Å². The topological polar surface area (TPSA) is 72.5 Å². The maximum atomic E-state index is 10.4. The van der Waals surface area contributed by atoms with Gasteiger partial charge in [-0.15, -0.1) is 0 Å². The van der Waals surface area contributed by atoms with Crippen LogP contribution < -0.4 is 5.73 Å². The maximum Gasteiger partial charge on any atom is 0.336 e. The van der Waals surface area contributed by atoms with Crippen LogP contribution in [0.3, 0.4) is 0 Å². The van der Waals surface area contributed by atoms with Gasteiger partial charge in [-0.05, 0) is 6.92 Å². The van der Waals surface area contributed by atoms with Crippen LogP contribution in [0.4, 0.5) is 0 Å². The van der Waals surface area contributed by atoms with Gasteiger partial charge in [0.15, 0.2) is 6.10 Å². The van der Waals surface area contributed by atoms with Crippen molar-refractivity contribution in [2.24, 2.45) is 5.73 Å². The number of ether oxygens (including phenoxy) is 1. The molecule has 0 rings (SSSR count). The van der Waals surface area contributed by atoms with Gasteiger partial charge in [0.2, 0.25) is 0 Å². The molecule has 1 atom stereocenters. The number of aliphatic hydroxyl groups is 1. The molecule has 0 heterocycles. The quantitative estimate of drug-likeness (QED) is 0.478. The number of hydrogen-bond donors (Lipinski definition) is 2. The van der Waals surface area contributed by atoms with Crippen LogP contribution in [-0.2, 0) is 9.53 Å². The van der Waals surface area contributed by atoms with Gasteiger partial charge >= 0.3 is 5.97 Å². The zero-order valence-electron chi connectivity index (χ0n) is 5.33. The van der Waals surface area contributed by atoms with Gasteiger partial charge < -0.3 is 15.6 Å². The molecule has 0 aromatic carbocycles. The van der Waals surface area contributed by atoms with Crippen molar-refractivity contribution >= 4 is 5.97 Å². The lowest BCUT2D eigenvalue weighted by Crippen LogP contribution is -2.30. The highest BCUT2D eigenvalue weighted by molar-refractivity contribution is 5.74. The fourth-order valence-corrected chi connectivity index (χ4v) is 0.335. The largest absolute Gasteiger partial charge is 0.464 e. The SMILES string of the molecule is CCOC(=O)[C@@H](O)CN. The highest BCUT2D eigenvalue weighted by Crippen LogP contribution is 1.84. The second kappa shape index (κ2) is 4.29. The highest BCUT2D eigenvalue weighted by atomic mass is 16.5. The summed E-state index contributed by atoms with van der Waals surface area (Å²) in [5, 5.41) is 8.66. The molecule has 0 spiro atoms. The molecule has 0 saturated carbocycles. The first-order valence-electron chi connectivity index (χ1n) is 2.77. The molecule has 0 unspecified atom stereocenters. The number of carbonyl (C=O) groups excluding carboxylic acids is 1. The zero-order valence-corrected chi connectivity index (χ0v) is 5.33. The molecule has 0 aromatic heterocycles. The Morgan fingerprint density at radius 1 is 1.89 bits per heavy atom. The third kappa shape index (κ3) is 3.05. The van der Waals surface area contributed by atoms with E-state index in [1.54, 1.807) is 6.92 Å². The van der Waals surface area contributed by atoms with Crippen molar-refractivity contribution in [3.63, 3.8) is 0 Å². The Morgan fingerprint density at radius 2 is 2.44 bits per heavy atom. The van der Waals surface area contributed by atoms with E-state index in [0.29, 0.717) is 0 Å². The summed E-state index contributed by atoms with van der Waals surface area (Å²) in [6.07, 6.45) is -1.16. The lowest BCUT2D eigenvalue weighted by molar-refractivity contribution is -0.152. The summed E-state index contributed by atoms with van der Waals surface area (Å²) in [6, 6.07) is 0. The molecule has 3 N–H and O–H groups in total. The summed E-state index contributed by atoms with van der Waals surface area (Å²) in [6.45, 7) is 1.86. The van der Waals surface area contributed by atoms with Crippen LogP contribution in [0.2, 0.25) is 0 Å². The number of esters is 1. The molecule has 0 aromatic rings. The van der Waals surface area contributed by atoms with Crippen molar-refractivity contribution in [2.75, 3.05) is 13.2 Å². The second-order valence-corrected chi connectivity index (χ2v) is 1.50. The summed E-state index contributed by atoms with van der Waals surface area (Å²) in [4.78, 5) is 10.4. The van der Waals surface area contributed by atoms with Gasteiger partial charge in [-0.3, -0.25) is 0 Å². The summed E-state index contributed by atoms with van der Waals surface area (Å²) in [5.74, 6) is -0.653. The first-order chi connectivity index (χ1) is 4.22. The Labute approximate surface area is 53.6 Å². The average Bonchev–Trinajstić information content (AvgIpc) is 1.87. The molecule has 0 aliphatic carbocycles. The molecule has 4 heteroatoms. The van der Waals surface area contributed by atoms with E-state index in [4.69, 9.17) is 10.8 Å². The van der Waals surface area contributed by atoms with Crippen LogP contribution in [0.1, 0.15) is 6.92 Å². The van der Waals surface area contributed by atoms with Gasteiger partial charge in [-0.25, -0.2) is 4.79 Å². The van der Waals surface area contributed by atoms with Gasteiger partial charge in [-0.1, -0.05) is 0 Å². The zero-order chi connectivity index (χ0) is 7.28. The Kier molecular flexibility index (Phi) is 4.00. The van der Waals surface area contributed by atoms with E-state index in [1.807, 2.05) is 0 Å². The van der Waals surface area contributed by atoms with Crippen molar-refractivity contribution in [1.82, 2.24) is 0 Å². The number of nitrogens with two attached hydrogens (primary N) is 1. The predicted octanol–water partition coefficient (Wildman–Crippen LogP) is -1.13. The minimum atomic E-state index is -1.16. The van der Waals surface area contributed by atoms with Crippen LogP contribution in [0.25, 0.3) is 0 Å². The van der Waals surface area contributed by atoms with Gasteiger partial charge in [0.1, 0.15) is 0 Å². The molecule has 0 radical (unpaired) electrons. The van der Waals surface area contributed by atoms with Crippen LogP contribution in [0, 0.1) is 0 Å². The lowest BCUT2D eigenvalue weighted by Gasteiger charge is -2.04. The standard InChI is InChI=1S/C5H11NO3/c1-2-9-5(8)4(7)3-6/h4,7H,2-3,6H2,1H3/t4-/m0/s1. The van der Waals surface area contributed by atoms with E-state index in [1.165, 1.54) is 0 Å². The Balaban J connectivity index is 3.46. The van der Waals surface area contributed by atoms with Crippen LogP contribution in [0.15, 0.2) is 0 Å². The Morgan fingerprint density at radius 3 is 2.78 bits per heavy atom. The van der Waals surface area contributed by atoms with E-state index >= 15 is 0 Å². The van der Waals surface area contributed by atoms with Gasteiger partial charge in [0, 0.05) is 6.54 Å².